The zero-order valence-corrected chi connectivity index (χ0v) is 23.1. The van der Waals surface area contributed by atoms with Gasteiger partial charge in [-0.15, -0.1) is 0 Å². The number of allylic oxidation sites excluding steroid dienone is 4. The lowest BCUT2D eigenvalue weighted by Crippen LogP contribution is -2.15. The van der Waals surface area contributed by atoms with Gasteiger partial charge in [0.25, 0.3) is 0 Å². The second-order valence-corrected chi connectivity index (χ2v) is 8.43. The lowest BCUT2D eigenvalue weighted by molar-refractivity contribution is -0.137. The lowest BCUT2D eigenvalue weighted by Gasteiger charge is -1.98. The number of carboxylic acid groups (broad SMARTS) is 1. The van der Waals surface area contributed by atoms with Gasteiger partial charge < -0.3 is 51.1 Å². The molecule has 10 N–H and O–H groups in total. The van der Waals surface area contributed by atoms with Gasteiger partial charge >= 0.3 is 5.97 Å². The summed E-state index contributed by atoms with van der Waals surface area (Å²) in [5.74, 6) is -0.671. The Morgan fingerprint density at radius 3 is 1.21 bits per heavy atom. The van der Waals surface area contributed by atoms with E-state index < -0.39 is 24.3 Å². The zero-order valence-electron chi connectivity index (χ0n) is 23.1. The molecule has 0 amide bonds. The second kappa shape index (κ2) is 40.1. The van der Waals surface area contributed by atoms with Gasteiger partial charge in [0.1, 0.15) is 18.3 Å². The first-order valence-electron chi connectivity index (χ1n) is 13.4. The number of unbranched alkanes of at least 4 members (excludes halogenated alkanes) is 8. The predicted octanol–water partition coefficient (Wildman–Crippen LogP) is 0.880. The van der Waals surface area contributed by atoms with Gasteiger partial charge in [0, 0.05) is 6.42 Å². The molecule has 0 saturated carbocycles. The molecular weight excluding hydrogens is 500 g/mol. The summed E-state index contributed by atoms with van der Waals surface area (Å²) >= 11 is 0. The SMILES string of the molecule is CCCCC/C=C\C/C=C\CCCCCCCC(=O)O.OCC(O)CO.OCC(O)CO.OCC(O)CO. The van der Waals surface area contributed by atoms with E-state index in [9.17, 15) is 4.79 Å². The Kier molecular flexibility index (Phi) is 46.0. The molecule has 0 radical (unpaired) electrons. The molecule has 0 aliphatic rings. The maximum Gasteiger partial charge on any atom is 0.303 e. The molecule has 0 unspecified atom stereocenters. The number of hydrogen-bond donors (Lipinski definition) is 10. The average Bonchev–Trinajstić information content (AvgIpc) is 2.94. The summed E-state index contributed by atoms with van der Waals surface area (Å²) < 4.78 is 0. The smallest absolute Gasteiger partial charge is 0.303 e. The second-order valence-electron chi connectivity index (χ2n) is 8.43. The molecule has 0 fully saturated rings. The van der Waals surface area contributed by atoms with E-state index >= 15 is 0 Å². The van der Waals surface area contributed by atoms with Crippen LogP contribution in [0.3, 0.4) is 0 Å². The summed E-state index contributed by atoms with van der Waals surface area (Å²) in [7, 11) is 0. The molecule has 230 valence electrons. The Balaban J connectivity index is -0.000000259. The van der Waals surface area contributed by atoms with Crippen LogP contribution in [-0.2, 0) is 4.79 Å². The van der Waals surface area contributed by atoms with Gasteiger partial charge in [-0.1, -0.05) is 63.3 Å². The van der Waals surface area contributed by atoms with Crippen LogP contribution < -0.4 is 0 Å². The molecule has 0 saturated heterocycles. The summed E-state index contributed by atoms with van der Waals surface area (Å²) in [4.78, 5) is 10.3. The third-order valence-electron chi connectivity index (χ3n) is 4.61. The van der Waals surface area contributed by atoms with E-state index in [0.717, 1.165) is 25.7 Å². The third-order valence-corrected chi connectivity index (χ3v) is 4.61. The van der Waals surface area contributed by atoms with Crippen molar-refractivity contribution >= 4 is 5.97 Å². The molecule has 38 heavy (non-hydrogen) atoms. The van der Waals surface area contributed by atoms with Gasteiger partial charge in [-0.25, -0.2) is 0 Å². The van der Waals surface area contributed by atoms with E-state index in [0.29, 0.717) is 6.42 Å². The van der Waals surface area contributed by atoms with Gasteiger partial charge in [0.05, 0.1) is 39.6 Å². The molecule has 11 heteroatoms. The summed E-state index contributed by atoms with van der Waals surface area (Å²) in [6.45, 7) is 0.0472. The Morgan fingerprint density at radius 1 is 0.553 bits per heavy atom. The molecule has 0 aliphatic carbocycles. The fraction of sp³-hybridized carbons (Fsp3) is 0.815. The van der Waals surface area contributed by atoms with Crippen LogP contribution in [0.5, 0.6) is 0 Å². The summed E-state index contributed by atoms with van der Waals surface area (Å²) in [5.41, 5.74) is 0. The van der Waals surface area contributed by atoms with Crippen molar-refractivity contribution in [3.8, 4) is 0 Å². The minimum atomic E-state index is -0.954. The van der Waals surface area contributed by atoms with Gasteiger partial charge in [-0.05, 0) is 38.5 Å². The highest BCUT2D eigenvalue weighted by Crippen LogP contribution is 2.08. The molecule has 0 aromatic heterocycles. The summed E-state index contributed by atoms with van der Waals surface area (Å²) in [6, 6.07) is 0. The van der Waals surface area contributed by atoms with Crippen LogP contribution >= 0.6 is 0 Å². The van der Waals surface area contributed by atoms with Crippen molar-refractivity contribution in [1.82, 2.24) is 0 Å². The van der Waals surface area contributed by atoms with Crippen LogP contribution in [0, 0.1) is 0 Å². The van der Waals surface area contributed by atoms with Crippen molar-refractivity contribution < 1.29 is 55.9 Å². The number of aliphatic hydroxyl groups excluding tert-OH is 9. The van der Waals surface area contributed by atoms with Crippen molar-refractivity contribution in [3.05, 3.63) is 24.3 Å². The van der Waals surface area contributed by atoms with Crippen LogP contribution in [-0.4, -0.2) is 115 Å². The molecule has 0 bridgehead atoms. The monoisotopic (exact) mass is 556 g/mol. The topological polar surface area (TPSA) is 219 Å². The molecule has 11 nitrogen and oxygen atoms in total. The van der Waals surface area contributed by atoms with Crippen LogP contribution in [0.4, 0.5) is 0 Å². The molecule has 0 atom stereocenters. The van der Waals surface area contributed by atoms with Crippen molar-refractivity contribution in [2.45, 2.75) is 102 Å². The number of aliphatic hydroxyl groups is 9. The van der Waals surface area contributed by atoms with E-state index in [4.69, 9.17) is 51.1 Å². The molecule has 0 rings (SSSR count). The molecule has 0 heterocycles. The Labute approximate surface area is 228 Å². The first-order valence-corrected chi connectivity index (χ1v) is 13.4. The largest absolute Gasteiger partial charge is 0.481 e. The number of carboxylic acids is 1. The highest BCUT2D eigenvalue weighted by atomic mass is 16.4. The fourth-order valence-corrected chi connectivity index (χ4v) is 2.26. The Hall–Kier alpha value is -1.41. The predicted molar refractivity (Wildman–Crippen MR) is 148 cm³/mol. The fourth-order valence-electron chi connectivity index (χ4n) is 2.26. The number of rotatable bonds is 20. The summed E-state index contributed by atoms with van der Waals surface area (Å²) in [6.07, 6.45) is 19.4. The highest BCUT2D eigenvalue weighted by molar-refractivity contribution is 5.66. The first-order chi connectivity index (χ1) is 18.2. The van der Waals surface area contributed by atoms with Crippen molar-refractivity contribution in [2.24, 2.45) is 0 Å². The normalized spacial score (nSPS) is 10.9. The van der Waals surface area contributed by atoms with Crippen LogP contribution in [0.2, 0.25) is 0 Å². The molecule has 0 spiro atoms. The standard InChI is InChI=1S/C18H32O2.3C3H8O3/c1-2-3-4-5-6-7-8-9-10-11-12-13-14-15-16-17-18(19)20;3*4-1-3(6)2-5/h6-7,9-10H,2-5,8,11-17H2,1H3,(H,19,20);3*3-6H,1-2H2/b7-6-,10-9-;;;. The number of carbonyl (C=O) groups is 1. The van der Waals surface area contributed by atoms with E-state index in [1.807, 2.05) is 0 Å². The van der Waals surface area contributed by atoms with Gasteiger partial charge in [0.15, 0.2) is 0 Å². The average molecular weight is 557 g/mol. The van der Waals surface area contributed by atoms with Gasteiger partial charge in [0.2, 0.25) is 0 Å². The maximum absolute atomic E-state index is 10.3. The van der Waals surface area contributed by atoms with Crippen molar-refractivity contribution in [2.75, 3.05) is 39.6 Å². The lowest BCUT2D eigenvalue weighted by atomic mass is 10.1. The Morgan fingerprint density at radius 2 is 0.895 bits per heavy atom. The summed E-state index contributed by atoms with van der Waals surface area (Å²) in [5, 5.41) is 80.6. The van der Waals surface area contributed by atoms with E-state index in [1.165, 1.54) is 44.9 Å². The minimum absolute atomic E-state index is 0.324. The van der Waals surface area contributed by atoms with E-state index in [1.54, 1.807) is 0 Å². The highest BCUT2D eigenvalue weighted by Gasteiger charge is 1.96. The molecule has 0 aromatic rings. The van der Waals surface area contributed by atoms with E-state index in [2.05, 4.69) is 31.2 Å². The van der Waals surface area contributed by atoms with Crippen molar-refractivity contribution in [1.29, 1.82) is 0 Å². The van der Waals surface area contributed by atoms with Crippen LogP contribution in [0.1, 0.15) is 84.0 Å². The third kappa shape index (κ3) is 51.3. The van der Waals surface area contributed by atoms with Crippen molar-refractivity contribution in [3.63, 3.8) is 0 Å². The van der Waals surface area contributed by atoms with Gasteiger partial charge in [-0.3, -0.25) is 4.79 Å². The quantitative estimate of drug-likeness (QED) is 0.0749. The first kappa shape index (κ1) is 43.6. The van der Waals surface area contributed by atoms with Gasteiger partial charge in [-0.2, -0.15) is 0 Å². The van der Waals surface area contributed by atoms with Crippen LogP contribution in [0.25, 0.3) is 0 Å². The molecular formula is C27H56O11. The molecule has 0 aromatic carbocycles. The zero-order chi connectivity index (χ0) is 29.9. The van der Waals surface area contributed by atoms with E-state index in [-0.39, 0.29) is 39.6 Å². The maximum atomic E-state index is 10.3. The number of hydrogen-bond acceptors (Lipinski definition) is 10. The minimum Gasteiger partial charge on any atom is -0.481 e. The Bertz CT molecular complexity index is 452. The van der Waals surface area contributed by atoms with Crippen LogP contribution in [0.15, 0.2) is 24.3 Å². The number of aliphatic carboxylic acids is 1. The molecule has 0 aliphatic heterocycles.